The van der Waals surface area contributed by atoms with Gasteiger partial charge in [-0.25, -0.2) is 4.39 Å². The Labute approximate surface area is 149 Å². The molecule has 26 heavy (non-hydrogen) atoms. The Morgan fingerprint density at radius 2 is 1.88 bits per heavy atom. The second kappa shape index (κ2) is 7.35. The molecule has 1 N–H and O–H groups in total. The highest BCUT2D eigenvalue weighted by Gasteiger charge is 2.23. The summed E-state index contributed by atoms with van der Waals surface area (Å²) in [6.45, 7) is -0.0274. The average Bonchev–Trinajstić information content (AvgIpc) is 2.64. The van der Waals surface area contributed by atoms with Gasteiger partial charge in [-0.3, -0.25) is 14.4 Å². The van der Waals surface area contributed by atoms with Crippen molar-refractivity contribution in [3.8, 4) is 5.75 Å². The molecule has 1 aliphatic rings. The van der Waals surface area contributed by atoms with Gasteiger partial charge in [0.25, 0.3) is 5.91 Å². The molecule has 7 heteroatoms. The molecule has 134 valence electrons. The lowest BCUT2D eigenvalue weighted by molar-refractivity contribution is -0.121. The van der Waals surface area contributed by atoms with Crippen LogP contribution in [0.2, 0.25) is 0 Å². The lowest BCUT2D eigenvalue weighted by Crippen LogP contribution is -2.35. The number of Topliss-reactive ketones (excluding diaryl/α,β-unsaturated/α-hetero) is 1. The molecule has 0 aromatic heterocycles. The minimum absolute atomic E-state index is 0.00142. The van der Waals surface area contributed by atoms with Crippen molar-refractivity contribution in [2.45, 2.75) is 12.8 Å². The Bertz CT molecular complexity index is 864. The summed E-state index contributed by atoms with van der Waals surface area (Å²) in [5, 5.41) is 2.61. The molecule has 2 aromatic rings. The van der Waals surface area contributed by atoms with Crippen molar-refractivity contribution in [3.05, 3.63) is 53.8 Å². The van der Waals surface area contributed by atoms with Crippen LogP contribution in [0.5, 0.6) is 5.75 Å². The lowest BCUT2D eigenvalue weighted by atomic mass is 10.0. The number of ketones is 1. The molecule has 2 amide bonds. The average molecular weight is 356 g/mol. The summed E-state index contributed by atoms with van der Waals surface area (Å²) in [6, 6.07) is 10.2. The number of hydrogen-bond acceptors (Lipinski definition) is 4. The van der Waals surface area contributed by atoms with Crippen LogP contribution in [0.4, 0.5) is 15.8 Å². The van der Waals surface area contributed by atoms with E-state index in [1.54, 1.807) is 25.2 Å². The number of carbonyl (C=O) groups is 3. The summed E-state index contributed by atoms with van der Waals surface area (Å²) in [4.78, 5) is 37.4. The number of amides is 2. The van der Waals surface area contributed by atoms with Crippen molar-refractivity contribution in [2.24, 2.45) is 0 Å². The van der Waals surface area contributed by atoms with E-state index < -0.39 is 5.82 Å². The number of benzene rings is 2. The van der Waals surface area contributed by atoms with E-state index in [9.17, 15) is 18.8 Å². The number of hydrogen-bond donors (Lipinski definition) is 1. The van der Waals surface area contributed by atoms with Gasteiger partial charge in [0, 0.05) is 31.1 Å². The number of nitrogens with one attached hydrogen (secondary N) is 1. The summed E-state index contributed by atoms with van der Waals surface area (Å²) in [5.41, 5.74) is 1.40. The van der Waals surface area contributed by atoms with Crippen LogP contribution in [0, 0.1) is 5.82 Å². The normalized spacial score (nSPS) is 13.0. The Morgan fingerprint density at radius 1 is 1.15 bits per heavy atom. The zero-order valence-electron chi connectivity index (χ0n) is 14.1. The Balaban J connectivity index is 1.60. The first-order valence-corrected chi connectivity index (χ1v) is 8.06. The fourth-order valence-electron chi connectivity index (χ4n) is 2.57. The third-order valence-corrected chi connectivity index (χ3v) is 4.07. The molecule has 0 bridgehead atoms. The molecule has 0 saturated carbocycles. The van der Waals surface area contributed by atoms with E-state index in [0.717, 1.165) is 0 Å². The maximum atomic E-state index is 12.8. The van der Waals surface area contributed by atoms with Crippen LogP contribution in [0.15, 0.2) is 42.5 Å². The van der Waals surface area contributed by atoms with Crippen molar-refractivity contribution in [1.82, 2.24) is 0 Å². The molecule has 0 radical (unpaired) electrons. The van der Waals surface area contributed by atoms with Crippen molar-refractivity contribution in [1.29, 1.82) is 0 Å². The van der Waals surface area contributed by atoms with Crippen LogP contribution in [0.25, 0.3) is 0 Å². The van der Waals surface area contributed by atoms with E-state index in [4.69, 9.17) is 4.74 Å². The Morgan fingerprint density at radius 3 is 2.62 bits per heavy atom. The summed E-state index contributed by atoms with van der Waals surface area (Å²) in [6.07, 6.45) is 0.0168. The number of anilines is 2. The largest absolute Gasteiger partial charge is 0.482 e. The molecule has 6 nitrogen and oxygen atoms in total. The van der Waals surface area contributed by atoms with Crippen molar-refractivity contribution >= 4 is 29.0 Å². The molecule has 2 aromatic carbocycles. The van der Waals surface area contributed by atoms with Gasteiger partial charge in [-0.2, -0.15) is 0 Å². The number of nitrogens with zero attached hydrogens (tertiary/aromatic N) is 1. The molecule has 1 heterocycles. The van der Waals surface area contributed by atoms with E-state index in [2.05, 4.69) is 5.32 Å². The second-order valence-electron chi connectivity index (χ2n) is 5.90. The highest BCUT2D eigenvalue weighted by molar-refractivity contribution is 6.03. The zero-order chi connectivity index (χ0) is 18.7. The van der Waals surface area contributed by atoms with Gasteiger partial charge in [-0.05, 0) is 42.5 Å². The quantitative estimate of drug-likeness (QED) is 0.836. The standard InChI is InChI=1S/C19H17FN2O4/c1-22-15-10-12(2-8-17(15)26-11-19(22)25)16(23)7-9-18(24)21-14-5-3-13(20)4-6-14/h2-6,8,10H,7,9,11H2,1H3,(H,21,24). The highest BCUT2D eigenvalue weighted by atomic mass is 19.1. The molecule has 0 saturated heterocycles. The van der Waals surface area contributed by atoms with Crippen LogP contribution in [-0.4, -0.2) is 31.3 Å². The van der Waals surface area contributed by atoms with Gasteiger partial charge in [0.2, 0.25) is 5.91 Å². The van der Waals surface area contributed by atoms with Crippen LogP contribution in [0.3, 0.4) is 0 Å². The lowest BCUT2D eigenvalue weighted by Gasteiger charge is -2.26. The third-order valence-electron chi connectivity index (χ3n) is 4.07. The molecule has 0 fully saturated rings. The van der Waals surface area contributed by atoms with E-state index in [1.807, 2.05) is 0 Å². The number of fused-ring (bicyclic) bond motifs is 1. The summed E-state index contributed by atoms with van der Waals surface area (Å²) >= 11 is 0. The van der Waals surface area contributed by atoms with Crippen molar-refractivity contribution < 1.29 is 23.5 Å². The summed E-state index contributed by atoms with van der Waals surface area (Å²) in [7, 11) is 1.62. The van der Waals surface area contributed by atoms with E-state index >= 15 is 0 Å². The Hall–Kier alpha value is -3.22. The van der Waals surface area contributed by atoms with Crippen LogP contribution < -0.4 is 15.0 Å². The van der Waals surface area contributed by atoms with Crippen LogP contribution in [-0.2, 0) is 9.59 Å². The summed E-state index contributed by atoms with van der Waals surface area (Å²) in [5.74, 6) is -0.594. The van der Waals surface area contributed by atoms with Gasteiger partial charge in [-0.15, -0.1) is 0 Å². The molecule has 1 aliphatic heterocycles. The predicted molar refractivity (Wildman–Crippen MR) is 93.9 cm³/mol. The third kappa shape index (κ3) is 3.88. The number of likely N-dealkylation sites (N-methyl/N-ethyl adjacent to an activating group) is 1. The second-order valence-corrected chi connectivity index (χ2v) is 5.90. The van der Waals surface area contributed by atoms with Crippen molar-refractivity contribution in [3.63, 3.8) is 0 Å². The zero-order valence-corrected chi connectivity index (χ0v) is 14.1. The molecule has 0 spiro atoms. The number of carbonyl (C=O) groups excluding carboxylic acids is 3. The molecule has 3 rings (SSSR count). The van der Waals surface area contributed by atoms with E-state index in [1.165, 1.54) is 29.2 Å². The number of rotatable bonds is 5. The molecule has 0 unspecified atom stereocenters. The smallest absolute Gasteiger partial charge is 0.264 e. The first kappa shape index (κ1) is 17.6. The first-order valence-electron chi connectivity index (χ1n) is 8.06. The molecular formula is C19H17FN2O4. The van der Waals surface area contributed by atoms with Crippen molar-refractivity contribution in [2.75, 3.05) is 23.9 Å². The monoisotopic (exact) mass is 356 g/mol. The molecule has 0 aliphatic carbocycles. The molecule has 0 atom stereocenters. The van der Waals surface area contributed by atoms with Gasteiger partial charge >= 0.3 is 0 Å². The van der Waals surface area contributed by atoms with Gasteiger partial charge in [-0.1, -0.05) is 0 Å². The maximum absolute atomic E-state index is 12.8. The van der Waals surface area contributed by atoms with Gasteiger partial charge in [0.05, 0.1) is 5.69 Å². The van der Waals surface area contributed by atoms with Gasteiger partial charge in [0.15, 0.2) is 12.4 Å². The van der Waals surface area contributed by atoms with Gasteiger partial charge < -0.3 is 15.0 Å². The fraction of sp³-hybridized carbons (Fsp3) is 0.211. The van der Waals surface area contributed by atoms with Crippen LogP contribution >= 0.6 is 0 Å². The summed E-state index contributed by atoms with van der Waals surface area (Å²) < 4.78 is 18.2. The van der Waals surface area contributed by atoms with Gasteiger partial charge in [0.1, 0.15) is 11.6 Å². The number of halogens is 1. The minimum Gasteiger partial charge on any atom is -0.482 e. The molecular weight excluding hydrogens is 339 g/mol. The number of ether oxygens (including phenoxy) is 1. The SMILES string of the molecule is CN1C(=O)COc2ccc(C(=O)CCC(=O)Nc3ccc(F)cc3)cc21. The van der Waals surface area contributed by atoms with E-state index in [-0.39, 0.29) is 37.0 Å². The van der Waals surface area contributed by atoms with E-state index in [0.29, 0.717) is 22.7 Å². The first-order chi connectivity index (χ1) is 12.4. The highest BCUT2D eigenvalue weighted by Crippen LogP contribution is 2.32. The Kier molecular flexibility index (Phi) is 4.97. The predicted octanol–water partition coefficient (Wildman–Crippen LogP) is 2.78. The van der Waals surface area contributed by atoms with Crippen LogP contribution in [0.1, 0.15) is 23.2 Å². The fourth-order valence-corrected chi connectivity index (χ4v) is 2.57. The minimum atomic E-state index is -0.391. The topological polar surface area (TPSA) is 75.7 Å². The maximum Gasteiger partial charge on any atom is 0.264 e.